The predicted molar refractivity (Wildman–Crippen MR) is 166 cm³/mol. The highest BCUT2D eigenvalue weighted by molar-refractivity contribution is 6.12. The number of carbonyl (C=O) groups is 2. The number of benzene rings is 2. The summed E-state index contributed by atoms with van der Waals surface area (Å²) < 4.78 is 5.86. The van der Waals surface area contributed by atoms with Crippen LogP contribution in [0.3, 0.4) is 0 Å². The van der Waals surface area contributed by atoms with Crippen molar-refractivity contribution in [3.05, 3.63) is 78.3 Å². The van der Waals surface area contributed by atoms with Gasteiger partial charge in [-0.2, -0.15) is 0 Å². The molecule has 0 bridgehead atoms. The molecule has 1 unspecified atom stereocenters. The van der Waals surface area contributed by atoms with E-state index in [-0.39, 0.29) is 18.0 Å². The molecule has 2 aromatic carbocycles. The first-order valence-corrected chi connectivity index (χ1v) is 14.4. The van der Waals surface area contributed by atoms with Gasteiger partial charge in [0.25, 0.3) is 5.91 Å². The van der Waals surface area contributed by atoms with Gasteiger partial charge in [-0.3, -0.25) is 9.79 Å². The van der Waals surface area contributed by atoms with Crippen LogP contribution in [-0.2, 0) is 16.0 Å². The smallest absolute Gasteiger partial charge is 0.326 e. The number of aliphatic carboxylic acids is 1. The van der Waals surface area contributed by atoms with Gasteiger partial charge in [-0.05, 0) is 43.5 Å². The van der Waals surface area contributed by atoms with Crippen molar-refractivity contribution in [2.45, 2.75) is 71.4 Å². The molecule has 4 N–H and O–H groups in total. The van der Waals surface area contributed by atoms with E-state index in [1.54, 1.807) is 24.5 Å². The van der Waals surface area contributed by atoms with Crippen LogP contribution < -0.4 is 15.8 Å². The molecule has 9 heteroatoms. The fourth-order valence-corrected chi connectivity index (χ4v) is 4.14. The summed E-state index contributed by atoms with van der Waals surface area (Å²) in [6.07, 6.45) is 12.1. The maximum atomic E-state index is 12.5. The number of carboxylic acid groups (broad SMARTS) is 1. The molecule has 222 valence electrons. The molecule has 0 saturated carbocycles. The highest BCUT2D eigenvalue weighted by Gasteiger charge is 2.22. The van der Waals surface area contributed by atoms with Gasteiger partial charge in [0.05, 0.1) is 12.2 Å². The van der Waals surface area contributed by atoms with Crippen molar-refractivity contribution >= 4 is 18.1 Å². The highest BCUT2D eigenvalue weighted by atomic mass is 16.5. The summed E-state index contributed by atoms with van der Waals surface area (Å²) in [4.78, 5) is 37.5. The fourth-order valence-electron chi connectivity index (χ4n) is 4.14. The van der Waals surface area contributed by atoms with Gasteiger partial charge in [-0.15, -0.1) is 0 Å². The molecule has 0 aliphatic rings. The number of carbonyl (C=O) groups excluding carboxylic acids is 1. The number of nitrogens with one attached hydrogen (secondary N) is 1. The monoisotopic (exact) mass is 571 g/mol. The Bertz CT molecular complexity index is 1330. The number of hydrogen-bond acceptors (Lipinski definition) is 7. The summed E-state index contributed by atoms with van der Waals surface area (Å²) in [5.41, 5.74) is 9.06. The topological polar surface area (TPSA) is 140 Å². The molecule has 0 spiro atoms. The predicted octanol–water partition coefficient (Wildman–Crippen LogP) is 5.59. The highest BCUT2D eigenvalue weighted by Crippen LogP contribution is 2.23. The van der Waals surface area contributed by atoms with Gasteiger partial charge in [0.1, 0.15) is 11.8 Å². The molecule has 3 aromatic rings. The molecule has 42 heavy (non-hydrogen) atoms. The van der Waals surface area contributed by atoms with Crippen LogP contribution in [0.4, 0.5) is 0 Å². The molecule has 0 fully saturated rings. The van der Waals surface area contributed by atoms with Crippen LogP contribution in [0.5, 0.6) is 5.75 Å². The number of nitrogens with zero attached hydrogens (tertiary/aromatic N) is 3. The SMILES string of the molecule is CCCCCCCOc1ccc(-c2cnc(-c3ccc(CC(NC(=O)/C(C=NC(C)C)=C/N)C(=O)O)cc3)nc2)cc1. The third kappa shape index (κ3) is 10.1. The number of aliphatic imine (C=N–C) groups is 1. The van der Waals surface area contributed by atoms with Gasteiger partial charge in [-0.25, -0.2) is 14.8 Å². The van der Waals surface area contributed by atoms with Crippen LogP contribution in [0.2, 0.25) is 0 Å². The van der Waals surface area contributed by atoms with Gasteiger partial charge >= 0.3 is 5.97 Å². The van der Waals surface area contributed by atoms with Gasteiger partial charge in [-0.1, -0.05) is 69.0 Å². The molecule has 3 rings (SSSR count). The van der Waals surface area contributed by atoms with Gasteiger partial charge in [0.2, 0.25) is 0 Å². The second kappa shape index (κ2) is 16.7. The molecule has 0 saturated heterocycles. The lowest BCUT2D eigenvalue weighted by Gasteiger charge is -2.15. The van der Waals surface area contributed by atoms with E-state index >= 15 is 0 Å². The third-order valence-electron chi connectivity index (χ3n) is 6.57. The number of rotatable bonds is 16. The van der Waals surface area contributed by atoms with Crippen LogP contribution in [0.15, 0.2) is 77.7 Å². The van der Waals surface area contributed by atoms with Crippen molar-refractivity contribution < 1.29 is 19.4 Å². The number of aromatic nitrogens is 2. The third-order valence-corrected chi connectivity index (χ3v) is 6.57. The lowest BCUT2D eigenvalue weighted by molar-refractivity contribution is -0.141. The van der Waals surface area contributed by atoms with Crippen LogP contribution in [0.1, 0.15) is 58.4 Å². The minimum atomic E-state index is -1.15. The Balaban J connectivity index is 1.58. The van der Waals surface area contributed by atoms with Crippen molar-refractivity contribution in [2.24, 2.45) is 10.7 Å². The number of carboxylic acids is 1. The summed E-state index contributed by atoms with van der Waals surface area (Å²) in [5.74, 6) is -0.337. The molecule has 1 heterocycles. The first-order chi connectivity index (χ1) is 20.3. The average Bonchev–Trinajstić information content (AvgIpc) is 2.99. The summed E-state index contributed by atoms with van der Waals surface area (Å²) in [6, 6.07) is 14.0. The van der Waals surface area contributed by atoms with Gasteiger partial charge < -0.3 is 20.9 Å². The average molecular weight is 572 g/mol. The number of amides is 1. The van der Waals surface area contributed by atoms with Crippen molar-refractivity contribution in [2.75, 3.05) is 6.61 Å². The molecule has 0 aliphatic carbocycles. The number of unbranched alkanes of at least 4 members (excludes halogenated alkanes) is 4. The summed E-state index contributed by atoms with van der Waals surface area (Å²) in [7, 11) is 0. The van der Waals surface area contributed by atoms with Crippen LogP contribution in [-0.4, -0.2) is 51.9 Å². The zero-order valence-electron chi connectivity index (χ0n) is 24.6. The summed E-state index contributed by atoms with van der Waals surface area (Å²) in [5, 5.41) is 12.2. The first-order valence-electron chi connectivity index (χ1n) is 14.4. The molecule has 0 aliphatic heterocycles. The van der Waals surface area contributed by atoms with Crippen LogP contribution in [0, 0.1) is 0 Å². The van der Waals surface area contributed by atoms with E-state index in [1.165, 1.54) is 31.9 Å². The maximum absolute atomic E-state index is 12.5. The Morgan fingerprint density at radius 2 is 1.60 bits per heavy atom. The second-order valence-electron chi connectivity index (χ2n) is 10.3. The zero-order valence-corrected chi connectivity index (χ0v) is 24.6. The van der Waals surface area contributed by atoms with E-state index in [2.05, 4.69) is 27.2 Å². The van der Waals surface area contributed by atoms with Crippen molar-refractivity contribution in [1.82, 2.24) is 15.3 Å². The molecular formula is C33H41N5O4. The maximum Gasteiger partial charge on any atom is 0.326 e. The van der Waals surface area contributed by atoms with E-state index in [0.717, 1.165) is 47.2 Å². The quantitative estimate of drug-likeness (QED) is 0.116. The largest absolute Gasteiger partial charge is 0.494 e. The van der Waals surface area contributed by atoms with Crippen LogP contribution >= 0.6 is 0 Å². The van der Waals surface area contributed by atoms with E-state index in [0.29, 0.717) is 5.82 Å². The van der Waals surface area contributed by atoms with Crippen molar-refractivity contribution in [1.29, 1.82) is 0 Å². The lowest BCUT2D eigenvalue weighted by atomic mass is 10.0. The number of hydrogen-bond donors (Lipinski definition) is 3. The molecule has 0 radical (unpaired) electrons. The number of nitrogens with two attached hydrogens (primary N) is 1. The standard InChI is InChI=1S/C33H41N5O4/c1-4-5-6-7-8-17-42-29-15-13-25(14-16-29)28-21-36-31(37-22-28)26-11-9-24(10-12-26)18-30(33(40)41)38-32(39)27(19-34)20-35-23(2)3/h9-16,19-23,30H,4-8,17-18,34H2,1-3H3,(H,38,39)(H,40,41)/b27-19+,35-20?. The molecule has 9 nitrogen and oxygen atoms in total. The minimum absolute atomic E-state index is 0.0251. The Morgan fingerprint density at radius 1 is 0.952 bits per heavy atom. The Hall–Kier alpha value is -4.53. The summed E-state index contributed by atoms with van der Waals surface area (Å²) in [6.45, 7) is 6.66. The van der Waals surface area contributed by atoms with Crippen molar-refractivity contribution in [3.8, 4) is 28.3 Å². The molecule has 1 amide bonds. The van der Waals surface area contributed by atoms with E-state index < -0.39 is 17.9 Å². The normalized spacial score (nSPS) is 12.4. The lowest BCUT2D eigenvalue weighted by Crippen LogP contribution is -2.43. The molecule has 1 aromatic heterocycles. The molecule has 1 atom stereocenters. The van der Waals surface area contributed by atoms with Crippen LogP contribution in [0.25, 0.3) is 22.5 Å². The minimum Gasteiger partial charge on any atom is -0.494 e. The summed E-state index contributed by atoms with van der Waals surface area (Å²) >= 11 is 0. The second-order valence-corrected chi connectivity index (χ2v) is 10.3. The Morgan fingerprint density at radius 3 is 2.19 bits per heavy atom. The fraction of sp³-hybridized carbons (Fsp3) is 0.364. The van der Waals surface area contributed by atoms with E-state index in [1.807, 2.05) is 50.2 Å². The zero-order chi connectivity index (χ0) is 30.3. The number of ether oxygens (including phenoxy) is 1. The van der Waals surface area contributed by atoms with Crippen molar-refractivity contribution in [3.63, 3.8) is 0 Å². The van der Waals surface area contributed by atoms with E-state index in [4.69, 9.17) is 10.5 Å². The Labute approximate surface area is 248 Å². The van der Waals surface area contributed by atoms with E-state index in [9.17, 15) is 14.7 Å². The molecular weight excluding hydrogens is 530 g/mol. The van der Waals surface area contributed by atoms with Gasteiger partial charge in [0, 0.05) is 48.4 Å². The first kappa shape index (κ1) is 32.0. The van der Waals surface area contributed by atoms with Gasteiger partial charge in [0.15, 0.2) is 5.82 Å². The Kier molecular flexibility index (Phi) is 12.7.